The summed E-state index contributed by atoms with van der Waals surface area (Å²) in [4.78, 5) is 38.1. The molecule has 0 aromatic heterocycles. The minimum absolute atomic E-state index is 0.0662. The molecular weight excluding hydrogens is 383 g/mol. The van der Waals surface area contributed by atoms with E-state index in [-0.39, 0.29) is 18.9 Å². The van der Waals surface area contributed by atoms with E-state index < -0.39 is 24.3 Å². The first kappa shape index (κ1) is 21.4. The Kier molecular flexibility index (Phi) is 8.01. The lowest BCUT2D eigenvalue weighted by Crippen LogP contribution is -2.37. The Morgan fingerprint density at radius 3 is 2.46 bits per heavy atom. The van der Waals surface area contributed by atoms with Crippen molar-refractivity contribution in [3.05, 3.63) is 59.9 Å². The van der Waals surface area contributed by atoms with Crippen LogP contribution < -0.4 is 5.32 Å². The van der Waals surface area contributed by atoms with Gasteiger partial charge in [-0.25, -0.2) is 4.39 Å². The summed E-state index contributed by atoms with van der Waals surface area (Å²) in [5.41, 5.74) is 1.26. The van der Waals surface area contributed by atoms with Gasteiger partial charge in [-0.2, -0.15) is 0 Å². The van der Waals surface area contributed by atoms with Crippen molar-refractivity contribution in [1.82, 2.24) is 4.90 Å². The number of carbonyl (C=O) groups excluding carboxylic acids is 3. The molecule has 2 amide bonds. The quantitative estimate of drug-likeness (QED) is 0.541. The summed E-state index contributed by atoms with van der Waals surface area (Å²) in [5.74, 6) is -1.85. The number of hydrogen-bond acceptors (Lipinski definition) is 5. The number of ether oxygens (including phenoxy) is 1. The van der Waals surface area contributed by atoms with Gasteiger partial charge in [0.2, 0.25) is 5.91 Å². The second kappa shape index (κ2) is 10.5. The van der Waals surface area contributed by atoms with Gasteiger partial charge in [0.05, 0.1) is 18.7 Å². The molecule has 0 aliphatic rings. The fourth-order valence-electron chi connectivity index (χ4n) is 2.31. The number of hydrogen-bond donors (Lipinski definition) is 1. The Hall–Kier alpha value is -2.87. The monoisotopic (exact) mass is 404 g/mol. The molecule has 0 unspecified atom stereocenters. The number of thioether (sulfide) groups is 1. The van der Waals surface area contributed by atoms with E-state index in [0.717, 1.165) is 4.90 Å². The van der Waals surface area contributed by atoms with Crippen molar-refractivity contribution in [2.75, 3.05) is 31.8 Å². The van der Waals surface area contributed by atoms with E-state index in [2.05, 4.69) is 5.32 Å². The molecule has 0 aliphatic heterocycles. The predicted octanol–water partition coefficient (Wildman–Crippen LogP) is 2.73. The molecule has 0 saturated carbocycles. The highest BCUT2D eigenvalue weighted by molar-refractivity contribution is 7.98. The van der Waals surface area contributed by atoms with Crippen LogP contribution in [0.5, 0.6) is 0 Å². The van der Waals surface area contributed by atoms with Gasteiger partial charge >= 0.3 is 5.97 Å². The van der Waals surface area contributed by atoms with Crippen LogP contribution in [0.25, 0.3) is 0 Å². The first-order chi connectivity index (χ1) is 13.4. The molecule has 28 heavy (non-hydrogen) atoms. The molecule has 0 bridgehead atoms. The number of anilines is 1. The van der Waals surface area contributed by atoms with Crippen LogP contribution in [0.3, 0.4) is 0 Å². The maximum atomic E-state index is 12.9. The molecule has 0 radical (unpaired) electrons. The SMILES string of the molecule is CSc1ccccc1NC(=O)CN(C)C(=O)COC(=O)Cc1ccc(F)cc1. The van der Waals surface area contributed by atoms with E-state index in [1.807, 2.05) is 24.5 Å². The molecular formula is C20H21FN2O4S. The summed E-state index contributed by atoms with van der Waals surface area (Å²) >= 11 is 1.50. The number of nitrogens with one attached hydrogen (secondary N) is 1. The van der Waals surface area contributed by atoms with Gasteiger partial charge in [-0.1, -0.05) is 24.3 Å². The fraction of sp³-hybridized carbons (Fsp3) is 0.250. The molecule has 148 valence electrons. The number of carbonyl (C=O) groups is 3. The molecule has 1 N–H and O–H groups in total. The highest BCUT2D eigenvalue weighted by Crippen LogP contribution is 2.24. The van der Waals surface area contributed by atoms with Crippen molar-refractivity contribution < 1.29 is 23.5 Å². The number of rotatable bonds is 8. The number of para-hydroxylation sites is 1. The lowest BCUT2D eigenvalue weighted by molar-refractivity contribution is -0.151. The average molecular weight is 404 g/mol. The van der Waals surface area contributed by atoms with Crippen LogP contribution in [0.4, 0.5) is 10.1 Å². The number of esters is 1. The van der Waals surface area contributed by atoms with Gasteiger partial charge < -0.3 is 15.0 Å². The van der Waals surface area contributed by atoms with Gasteiger partial charge in [0.1, 0.15) is 5.82 Å². The molecule has 2 aromatic rings. The number of amides is 2. The molecule has 2 aromatic carbocycles. The molecule has 0 aliphatic carbocycles. The van der Waals surface area contributed by atoms with Gasteiger partial charge in [0.15, 0.2) is 6.61 Å². The van der Waals surface area contributed by atoms with Gasteiger partial charge in [-0.3, -0.25) is 14.4 Å². The van der Waals surface area contributed by atoms with E-state index in [0.29, 0.717) is 11.3 Å². The van der Waals surface area contributed by atoms with E-state index in [4.69, 9.17) is 4.74 Å². The lowest BCUT2D eigenvalue weighted by Gasteiger charge is -2.17. The van der Waals surface area contributed by atoms with Crippen molar-refractivity contribution in [2.45, 2.75) is 11.3 Å². The summed E-state index contributed by atoms with van der Waals surface area (Å²) in [6.07, 6.45) is 1.84. The second-order valence-corrected chi connectivity index (χ2v) is 6.81. The first-order valence-corrected chi connectivity index (χ1v) is 9.68. The van der Waals surface area contributed by atoms with Crippen molar-refractivity contribution in [3.8, 4) is 0 Å². The van der Waals surface area contributed by atoms with Crippen molar-refractivity contribution in [3.63, 3.8) is 0 Å². The van der Waals surface area contributed by atoms with Crippen molar-refractivity contribution in [1.29, 1.82) is 0 Å². The molecule has 8 heteroatoms. The maximum Gasteiger partial charge on any atom is 0.310 e. The Labute approximate surface area is 167 Å². The maximum absolute atomic E-state index is 12.9. The van der Waals surface area contributed by atoms with Gasteiger partial charge in [0.25, 0.3) is 5.91 Å². The summed E-state index contributed by atoms with van der Waals surface area (Å²) in [5, 5.41) is 2.76. The molecule has 0 heterocycles. The van der Waals surface area contributed by atoms with Crippen LogP contribution in [-0.2, 0) is 25.5 Å². The third-order valence-electron chi connectivity index (χ3n) is 3.81. The Bertz CT molecular complexity index is 842. The standard InChI is InChI=1S/C20H21FN2O4S/c1-23(12-18(24)22-16-5-3-4-6-17(16)28-2)19(25)13-27-20(26)11-14-7-9-15(21)10-8-14/h3-10H,11-13H2,1-2H3,(H,22,24). The van der Waals surface area contributed by atoms with Gasteiger partial charge in [0, 0.05) is 11.9 Å². The average Bonchev–Trinajstić information content (AvgIpc) is 2.68. The van der Waals surface area contributed by atoms with Crippen molar-refractivity contribution >= 4 is 35.2 Å². The molecule has 0 atom stereocenters. The summed E-state index contributed by atoms with van der Waals surface area (Å²) in [6.45, 7) is -0.637. The van der Waals surface area contributed by atoms with E-state index in [1.165, 1.54) is 48.0 Å². The van der Waals surface area contributed by atoms with Gasteiger partial charge in [-0.05, 0) is 36.1 Å². The third-order valence-corrected chi connectivity index (χ3v) is 4.60. The van der Waals surface area contributed by atoms with E-state index >= 15 is 0 Å². The van der Waals surface area contributed by atoms with Crippen LogP contribution in [0.15, 0.2) is 53.4 Å². The molecule has 0 spiro atoms. The summed E-state index contributed by atoms with van der Waals surface area (Å²) in [7, 11) is 1.45. The Balaban J connectivity index is 1.77. The minimum Gasteiger partial charge on any atom is -0.455 e. The predicted molar refractivity (Wildman–Crippen MR) is 106 cm³/mol. The normalized spacial score (nSPS) is 10.2. The first-order valence-electron chi connectivity index (χ1n) is 8.46. The molecule has 0 saturated heterocycles. The van der Waals surface area contributed by atoms with Crippen molar-refractivity contribution in [2.24, 2.45) is 0 Å². The zero-order valence-corrected chi connectivity index (χ0v) is 16.4. The van der Waals surface area contributed by atoms with Crippen LogP contribution in [0, 0.1) is 5.82 Å². The number of halogens is 1. The number of nitrogens with zero attached hydrogens (tertiary/aromatic N) is 1. The van der Waals surface area contributed by atoms with E-state index in [1.54, 1.807) is 6.07 Å². The van der Waals surface area contributed by atoms with Crippen LogP contribution in [0.1, 0.15) is 5.56 Å². The largest absolute Gasteiger partial charge is 0.455 e. The smallest absolute Gasteiger partial charge is 0.310 e. The third kappa shape index (κ3) is 6.70. The number of benzene rings is 2. The molecule has 2 rings (SSSR count). The minimum atomic E-state index is -0.605. The molecule has 0 fully saturated rings. The topological polar surface area (TPSA) is 75.7 Å². The van der Waals surface area contributed by atoms with Crippen LogP contribution in [-0.4, -0.2) is 49.1 Å². The lowest BCUT2D eigenvalue weighted by atomic mass is 10.1. The molecule has 6 nitrogen and oxygen atoms in total. The fourth-order valence-corrected chi connectivity index (χ4v) is 2.87. The van der Waals surface area contributed by atoms with Crippen LogP contribution >= 0.6 is 11.8 Å². The van der Waals surface area contributed by atoms with E-state index in [9.17, 15) is 18.8 Å². The Morgan fingerprint density at radius 1 is 1.11 bits per heavy atom. The zero-order chi connectivity index (χ0) is 20.5. The Morgan fingerprint density at radius 2 is 1.79 bits per heavy atom. The highest BCUT2D eigenvalue weighted by atomic mass is 32.2. The summed E-state index contributed by atoms with van der Waals surface area (Å²) in [6, 6.07) is 12.8. The van der Waals surface area contributed by atoms with Gasteiger partial charge in [-0.15, -0.1) is 11.8 Å². The second-order valence-electron chi connectivity index (χ2n) is 5.96. The number of likely N-dealkylation sites (N-methyl/N-ethyl adjacent to an activating group) is 1. The summed E-state index contributed by atoms with van der Waals surface area (Å²) < 4.78 is 17.8. The highest BCUT2D eigenvalue weighted by Gasteiger charge is 2.16. The van der Waals surface area contributed by atoms with Crippen LogP contribution in [0.2, 0.25) is 0 Å². The zero-order valence-electron chi connectivity index (χ0n) is 15.6.